The molecule has 480 valence electrons. The van der Waals surface area contributed by atoms with Crippen molar-refractivity contribution in [3.63, 3.8) is 0 Å². The van der Waals surface area contributed by atoms with Crippen molar-refractivity contribution >= 4 is 47.0 Å². The fourth-order valence-corrected chi connectivity index (χ4v) is 10.0. The molecule has 1 fully saturated rings. The Morgan fingerprint density at radius 2 is 1.03 bits per heavy atom. The molecular weight excluding hydrogens is 1190 g/mol. The van der Waals surface area contributed by atoms with Crippen LogP contribution >= 0.6 is 11.6 Å². The van der Waals surface area contributed by atoms with Gasteiger partial charge in [-0.15, -0.1) is 0 Å². The SMILES string of the molecule is C.COc1ccc2c(c1)CCn1c-2cc(Cl)nc1=O.COc1ccc2c(c1)CCn1c-2cc(Nc2c(OC)cccc2OC)nc1=O.COc1cccc(CCN)c1.COc1cccc(CCN2C(=O)CC(=O)NC2=O)c1.COc1cccc(CCNC(N)=O)c1. The first kappa shape index (κ1) is 69.7. The maximum atomic E-state index is 12.6. The van der Waals surface area contributed by atoms with Gasteiger partial charge in [-0.3, -0.25) is 28.9 Å². The number of primary amides is 1. The second-order valence-electron chi connectivity index (χ2n) is 20.0. The first-order chi connectivity index (χ1) is 43.5. The summed E-state index contributed by atoms with van der Waals surface area (Å²) in [4.78, 5) is 77.9. The van der Waals surface area contributed by atoms with Crippen LogP contribution in [-0.2, 0) is 54.8 Å². The number of amides is 6. The van der Waals surface area contributed by atoms with Gasteiger partial charge in [0.05, 0.1) is 61.2 Å². The highest BCUT2D eigenvalue weighted by atomic mass is 35.5. The van der Waals surface area contributed by atoms with E-state index < -0.39 is 23.9 Å². The number of para-hydroxylation sites is 1. The Hall–Kier alpha value is -10.4. The van der Waals surface area contributed by atoms with Crippen molar-refractivity contribution in [2.75, 3.05) is 74.7 Å². The molecule has 3 aliphatic heterocycles. The molecule has 8 aromatic rings. The van der Waals surface area contributed by atoms with Crippen LogP contribution in [0.25, 0.3) is 22.5 Å². The Kier molecular flexibility index (Phi) is 26.3. The Bertz CT molecular complexity index is 3890. The molecule has 3 aliphatic rings. The summed E-state index contributed by atoms with van der Waals surface area (Å²) < 4.78 is 39.9. The molecule has 6 aromatic carbocycles. The number of benzene rings is 6. The predicted octanol–water partition coefficient (Wildman–Crippen LogP) is 8.81. The van der Waals surface area contributed by atoms with Crippen molar-refractivity contribution < 1.29 is 52.3 Å². The van der Waals surface area contributed by atoms with Crippen molar-refractivity contribution in [3.05, 3.63) is 193 Å². The Balaban J connectivity index is 0.000000187. The molecular formula is C67H77ClN10O13. The van der Waals surface area contributed by atoms with Crippen LogP contribution < -0.4 is 72.0 Å². The summed E-state index contributed by atoms with van der Waals surface area (Å²) in [6.45, 7) is 2.68. The summed E-state index contributed by atoms with van der Waals surface area (Å²) in [6, 6.07) is 42.7. The molecule has 0 radical (unpaired) electrons. The molecule has 23 nitrogen and oxygen atoms in total. The van der Waals surface area contributed by atoms with Gasteiger partial charge in [0.1, 0.15) is 63.3 Å². The molecule has 0 bridgehead atoms. The third-order valence-corrected chi connectivity index (χ3v) is 14.5. The van der Waals surface area contributed by atoms with E-state index in [0.717, 1.165) is 104 Å². The zero-order chi connectivity index (χ0) is 64.7. The number of hydrogen-bond donors (Lipinski definition) is 5. The maximum Gasteiger partial charge on any atom is 0.350 e. The lowest BCUT2D eigenvalue weighted by Crippen LogP contribution is -2.53. The number of ether oxygens (including phenoxy) is 7. The number of halogens is 1. The van der Waals surface area contributed by atoms with Crippen LogP contribution in [0, 0.1) is 0 Å². The number of methoxy groups -OCH3 is 7. The number of hydrogen-bond acceptors (Lipinski definition) is 17. The zero-order valence-corrected chi connectivity index (χ0v) is 51.9. The van der Waals surface area contributed by atoms with Gasteiger partial charge in [0.2, 0.25) is 11.8 Å². The lowest BCUT2D eigenvalue weighted by atomic mass is 9.97. The van der Waals surface area contributed by atoms with E-state index in [9.17, 15) is 28.8 Å². The fraction of sp³-hybridized carbons (Fsp3) is 0.284. The quantitative estimate of drug-likeness (QED) is 0.0420. The molecule has 6 amide bonds. The molecule has 11 rings (SSSR count). The maximum absolute atomic E-state index is 12.6. The molecule has 2 aromatic heterocycles. The summed E-state index contributed by atoms with van der Waals surface area (Å²) >= 11 is 5.86. The summed E-state index contributed by atoms with van der Waals surface area (Å²) in [6.07, 6.45) is 3.46. The van der Waals surface area contributed by atoms with E-state index in [1.807, 2.05) is 127 Å². The van der Waals surface area contributed by atoms with Crippen LogP contribution in [0.1, 0.15) is 41.7 Å². The lowest BCUT2D eigenvalue weighted by molar-refractivity contribution is -0.136. The average molecular weight is 1270 g/mol. The first-order valence-electron chi connectivity index (χ1n) is 28.5. The number of fused-ring (bicyclic) bond motifs is 6. The number of anilines is 2. The van der Waals surface area contributed by atoms with Gasteiger partial charge in [-0.05, 0) is 151 Å². The number of urea groups is 2. The number of barbiturate groups is 1. The molecule has 24 heteroatoms. The number of carbonyl (C=O) groups is 4. The van der Waals surface area contributed by atoms with Crippen molar-refractivity contribution in [1.29, 1.82) is 0 Å². The topological polar surface area (TPSA) is 294 Å². The van der Waals surface area contributed by atoms with Gasteiger partial charge in [0.15, 0.2) is 0 Å². The molecule has 0 spiro atoms. The van der Waals surface area contributed by atoms with Crippen LogP contribution in [0.4, 0.5) is 21.1 Å². The number of imide groups is 2. The van der Waals surface area contributed by atoms with Crippen molar-refractivity contribution in [1.82, 2.24) is 34.6 Å². The van der Waals surface area contributed by atoms with Gasteiger partial charge in [0.25, 0.3) is 0 Å². The van der Waals surface area contributed by atoms with Crippen LogP contribution in [-0.4, -0.2) is 117 Å². The summed E-state index contributed by atoms with van der Waals surface area (Å²) in [5.74, 6) is 4.70. The minimum absolute atomic E-state index is 0. The molecule has 0 unspecified atom stereocenters. The summed E-state index contributed by atoms with van der Waals surface area (Å²) in [5.41, 5.74) is 19.6. The number of nitrogens with zero attached hydrogens (tertiary/aromatic N) is 5. The Morgan fingerprint density at radius 1 is 0.571 bits per heavy atom. The minimum Gasteiger partial charge on any atom is -0.497 e. The largest absolute Gasteiger partial charge is 0.497 e. The molecule has 7 N–H and O–H groups in total. The summed E-state index contributed by atoms with van der Waals surface area (Å²) in [7, 11) is 11.3. The number of aromatic nitrogens is 4. The highest BCUT2D eigenvalue weighted by Gasteiger charge is 2.30. The summed E-state index contributed by atoms with van der Waals surface area (Å²) in [5, 5.41) is 8.07. The third kappa shape index (κ3) is 19.3. The van der Waals surface area contributed by atoms with Crippen molar-refractivity contribution in [3.8, 4) is 62.8 Å². The molecule has 0 atom stereocenters. The normalized spacial score (nSPS) is 12.1. The number of aryl methyl sites for hydroxylation is 2. The molecule has 5 heterocycles. The second-order valence-corrected chi connectivity index (χ2v) is 20.4. The second kappa shape index (κ2) is 34.4. The van der Waals surface area contributed by atoms with E-state index in [0.29, 0.717) is 55.6 Å². The van der Waals surface area contributed by atoms with E-state index in [-0.39, 0.29) is 36.9 Å². The fourth-order valence-electron chi connectivity index (χ4n) is 9.83. The van der Waals surface area contributed by atoms with Crippen LogP contribution in [0.3, 0.4) is 0 Å². The van der Waals surface area contributed by atoms with Gasteiger partial charge in [-0.1, -0.05) is 61.5 Å². The smallest absolute Gasteiger partial charge is 0.350 e. The van der Waals surface area contributed by atoms with Gasteiger partial charge >= 0.3 is 23.4 Å². The number of nitrogens with one attached hydrogen (secondary N) is 3. The van der Waals surface area contributed by atoms with Gasteiger partial charge in [-0.2, -0.15) is 9.97 Å². The predicted molar refractivity (Wildman–Crippen MR) is 350 cm³/mol. The Morgan fingerprint density at radius 3 is 1.51 bits per heavy atom. The number of carbonyl (C=O) groups excluding carboxylic acids is 4. The molecule has 91 heavy (non-hydrogen) atoms. The van der Waals surface area contributed by atoms with Crippen molar-refractivity contribution in [2.45, 2.75) is 59.0 Å². The minimum atomic E-state index is -0.649. The van der Waals surface area contributed by atoms with Crippen LogP contribution in [0.5, 0.6) is 40.2 Å². The van der Waals surface area contributed by atoms with Gasteiger partial charge in [0, 0.05) is 49.4 Å². The van der Waals surface area contributed by atoms with E-state index in [1.165, 1.54) is 5.56 Å². The zero-order valence-electron chi connectivity index (χ0n) is 51.1. The number of rotatable bonds is 17. The molecule has 0 saturated carbocycles. The van der Waals surface area contributed by atoms with E-state index in [2.05, 4.69) is 32.0 Å². The lowest BCUT2D eigenvalue weighted by Gasteiger charge is -2.24. The number of nitrogens with two attached hydrogens (primary N) is 2. The standard InChI is InChI=1S/C21H21N3O4.C13H11ClN2O2.C13H14N2O4.C10H14N2O2.C9H13NO.CH4/c1-26-14-7-8-15-13(11-14)9-10-24-16(15)12-19(23-21(24)25)22-20-17(27-2)5-4-6-18(20)28-3;1-18-9-2-3-10-8(6-9)4-5-16-11(10)7-12(14)15-13(16)17;1-19-10-4-2-3-9(7-10)5-6-15-12(17)8-11(16)14-13(15)18;1-14-9-4-2-3-8(7-9)5-6-12-10(11)13;1-11-9-4-2-3-8(7-9)5-6-10;/h4-8,11-12H,9-10H2,1-3H3,(H,22,23,25);2-3,6-7H,4-5H2,1H3;2-4,7H,5-6,8H2,1H3,(H,14,16,18);2-4,7H,5-6H2,1H3,(H3,11,12,13);2-4,7H,5-6,10H2,1H3;1H4. The molecule has 1 saturated heterocycles. The van der Waals surface area contributed by atoms with Gasteiger partial charge < -0.3 is 55.3 Å². The van der Waals surface area contributed by atoms with E-state index in [4.69, 9.17) is 56.2 Å². The monoisotopic (exact) mass is 1260 g/mol. The first-order valence-corrected chi connectivity index (χ1v) is 28.9. The van der Waals surface area contributed by atoms with E-state index in [1.54, 1.807) is 65.0 Å². The van der Waals surface area contributed by atoms with Crippen LogP contribution in [0.15, 0.2) is 149 Å². The Labute approximate surface area is 533 Å². The van der Waals surface area contributed by atoms with Crippen molar-refractivity contribution in [2.24, 2.45) is 11.5 Å². The average Bonchev–Trinajstić information content (AvgIpc) is 0.833. The van der Waals surface area contributed by atoms with Crippen LogP contribution in [0.2, 0.25) is 5.15 Å². The highest BCUT2D eigenvalue weighted by Crippen LogP contribution is 2.38. The van der Waals surface area contributed by atoms with E-state index >= 15 is 0 Å². The van der Waals surface area contributed by atoms with Gasteiger partial charge in [-0.25, -0.2) is 19.2 Å². The molecule has 0 aliphatic carbocycles. The highest BCUT2D eigenvalue weighted by molar-refractivity contribution is 6.29. The third-order valence-electron chi connectivity index (χ3n) is 14.3.